The first-order valence-electron chi connectivity index (χ1n) is 7.65. The van der Waals surface area contributed by atoms with Gasteiger partial charge in [0.05, 0.1) is 12.6 Å². The number of benzene rings is 1. The van der Waals surface area contributed by atoms with E-state index in [1.165, 1.54) is 0 Å². The van der Waals surface area contributed by atoms with Crippen LogP contribution in [-0.2, 0) is 4.79 Å². The van der Waals surface area contributed by atoms with Gasteiger partial charge in [-0.3, -0.25) is 9.59 Å². The van der Waals surface area contributed by atoms with Crippen molar-refractivity contribution in [2.45, 2.75) is 26.8 Å². The molecular weight excluding hydrogens is 308 g/mol. The molecule has 0 saturated heterocycles. The molecular formula is C18H22N2O2S. The second kappa shape index (κ2) is 7.92. The minimum Gasteiger partial charge on any atom is -0.347 e. The van der Waals surface area contributed by atoms with Crippen LogP contribution >= 0.6 is 11.3 Å². The minimum atomic E-state index is -0.239. The molecule has 2 rings (SSSR count). The lowest BCUT2D eigenvalue weighted by Crippen LogP contribution is -2.39. The van der Waals surface area contributed by atoms with Gasteiger partial charge in [0, 0.05) is 10.4 Å². The van der Waals surface area contributed by atoms with Crippen LogP contribution in [0.15, 0.2) is 41.8 Å². The highest BCUT2D eigenvalue weighted by molar-refractivity contribution is 7.10. The molecule has 0 aliphatic rings. The summed E-state index contributed by atoms with van der Waals surface area (Å²) in [5.41, 5.74) is 1.65. The molecule has 1 aromatic carbocycles. The Morgan fingerprint density at radius 2 is 1.83 bits per heavy atom. The van der Waals surface area contributed by atoms with Crippen LogP contribution in [0.2, 0.25) is 0 Å². The summed E-state index contributed by atoms with van der Waals surface area (Å²) < 4.78 is 0. The van der Waals surface area contributed by atoms with E-state index in [4.69, 9.17) is 0 Å². The second-order valence-electron chi connectivity index (χ2n) is 5.85. The molecule has 0 bridgehead atoms. The normalized spacial score (nSPS) is 12.0. The number of carbonyl (C=O) groups excluding carboxylic acids is 2. The van der Waals surface area contributed by atoms with Crippen LogP contribution in [0.4, 0.5) is 0 Å². The number of carbonyl (C=O) groups is 2. The van der Waals surface area contributed by atoms with Gasteiger partial charge < -0.3 is 10.6 Å². The zero-order valence-corrected chi connectivity index (χ0v) is 14.4. The second-order valence-corrected chi connectivity index (χ2v) is 6.83. The zero-order valence-electron chi connectivity index (χ0n) is 13.6. The maximum Gasteiger partial charge on any atom is 0.251 e. The molecule has 0 aliphatic heterocycles. The number of nitrogens with one attached hydrogen (secondary N) is 2. The molecule has 4 nitrogen and oxygen atoms in total. The molecule has 0 aliphatic carbocycles. The Balaban J connectivity index is 1.89. The van der Waals surface area contributed by atoms with Crippen LogP contribution in [0.1, 0.15) is 40.7 Å². The quantitative estimate of drug-likeness (QED) is 0.854. The Bertz CT molecular complexity index is 648. The van der Waals surface area contributed by atoms with Crippen molar-refractivity contribution in [1.82, 2.24) is 10.6 Å². The summed E-state index contributed by atoms with van der Waals surface area (Å²) in [6.45, 7) is 6.07. The molecule has 0 saturated carbocycles. The lowest BCUT2D eigenvalue weighted by molar-refractivity contribution is -0.121. The van der Waals surface area contributed by atoms with Gasteiger partial charge in [0.25, 0.3) is 5.91 Å². The topological polar surface area (TPSA) is 58.2 Å². The van der Waals surface area contributed by atoms with Crippen molar-refractivity contribution in [2.24, 2.45) is 5.92 Å². The Labute approximate surface area is 140 Å². The third-order valence-electron chi connectivity index (χ3n) is 3.56. The van der Waals surface area contributed by atoms with Crippen molar-refractivity contribution in [3.63, 3.8) is 0 Å². The summed E-state index contributed by atoms with van der Waals surface area (Å²) in [6.07, 6.45) is 0. The molecule has 1 aromatic heterocycles. The van der Waals surface area contributed by atoms with Gasteiger partial charge in [0.1, 0.15) is 0 Å². The fourth-order valence-electron chi connectivity index (χ4n) is 2.23. The Morgan fingerprint density at radius 1 is 1.13 bits per heavy atom. The summed E-state index contributed by atoms with van der Waals surface area (Å²) in [7, 11) is 0. The average molecular weight is 330 g/mol. The maximum absolute atomic E-state index is 12.1. The van der Waals surface area contributed by atoms with Crippen LogP contribution in [0.25, 0.3) is 0 Å². The molecule has 23 heavy (non-hydrogen) atoms. The molecule has 0 unspecified atom stereocenters. The maximum atomic E-state index is 12.1. The van der Waals surface area contributed by atoms with E-state index in [1.807, 2.05) is 36.6 Å². The largest absolute Gasteiger partial charge is 0.347 e. The number of thiophene rings is 1. The van der Waals surface area contributed by atoms with Crippen LogP contribution in [0, 0.1) is 12.8 Å². The minimum absolute atomic E-state index is 0.0265. The van der Waals surface area contributed by atoms with Gasteiger partial charge in [-0.2, -0.15) is 0 Å². The first-order chi connectivity index (χ1) is 11.0. The number of aryl methyl sites for hydroxylation is 1. The molecule has 2 N–H and O–H groups in total. The molecule has 2 aromatic rings. The summed E-state index contributed by atoms with van der Waals surface area (Å²) in [5, 5.41) is 7.65. The van der Waals surface area contributed by atoms with E-state index < -0.39 is 0 Å². The lowest BCUT2D eigenvalue weighted by Gasteiger charge is -2.21. The van der Waals surface area contributed by atoms with E-state index in [-0.39, 0.29) is 30.3 Å². The summed E-state index contributed by atoms with van der Waals surface area (Å²) in [4.78, 5) is 25.3. The number of rotatable bonds is 6. The molecule has 1 heterocycles. The first kappa shape index (κ1) is 17.2. The molecule has 1 atom stereocenters. The van der Waals surface area contributed by atoms with Crippen LogP contribution in [-0.4, -0.2) is 18.4 Å². The smallest absolute Gasteiger partial charge is 0.251 e. The monoisotopic (exact) mass is 330 g/mol. The number of hydrogen-bond acceptors (Lipinski definition) is 3. The van der Waals surface area contributed by atoms with Crippen LogP contribution in [0.5, 0.6) is 0 Å². The summed E-state index contributed by atoms with van der Waals surface area (Å²) in [5.74, 6) is -0.139. The van der Waals surface area contributed by atoms with Crippen molar-refractivity contribution >= 4 is 23.2 Å². The molecule has 0 spiro atoms. The Morgan fingerprint density at radius 3 is 2.39 bits per heavy atom. The average Bonchev–Trinajstić information content (AvgIpc) is 3.04. The predicted octanol–water partition coefficient (Wildman–Crippen LogP) is 3.30. The van der Waals surface area contributed by atoms with Gasteiger partial charge >= 0.3 is 0 Å². The molecule has 122 valence electrons. The molecule has 0 radical (unpaired) electrons. The van der Waals surface area contributed by atoms with Crippen molar-refractivity contribution in [3.05, 3.63) is 57.8 Å². The standard InChI is InChI=1S/C18H22N2O2S/c1-12(2)17(15-5-4-10-23-15)20-16(21)11-19-18(22)14-8-6-13(3)7-9-14/h4-10,12,17H,11H2,1-3H3,(H,19,22)(H,20,21)/t17-/m1/s1. The van der Waals surface area contributed by atoms with Gasteiger partial charge in [-0.25, -0.2) is 0 Å². The van der Waals surface area contributed by atoms with Crippen LogP contribution in [0.3, 0.4) is 0 Å². The summed E-state index contributed by atoms with van der Waals surface area (Å²) >= 11 is 1.62. The van der Waals surface area contributed by atoms with Crippen molar-refractivity contribution < 1.29 is 9.59 Å². The van der Waals surface area contributed by atoms with E-state index in [0.717, 1.165) is 10.4 Å². The van der Waals surface area contributed by atoms with Crippen molar-refractivity contribution in [1.29, 1.82) is 0 Å². The van der Waals surface area contributed by atoms with Gasteiger partial charge in [0.2, 0.25) is 5.91 Å². The van der Waals surface area contributed by atoms with E-state index in [9.17, 15) is 9.59 Å². The fraction of sp³-hybridized carbons (Fsp3) is 0.333. The highest BCUT2D eigenvalue weighted by Crippen LogP contribution is 2.25. The Kier molecular flexibility index (Phi) is 5.93. The number of hydrogen-bond donors (Lipinski definition) is 2. The lowest BCUT2D eigenvalue weighted by atomic mass is 10.0. The van der Waals surface area contributed by atoms with Gasteiger partial charge in [-0.1, -0.05) is 37.6 Å². The van der Waals surface area contributed by atoms with E-state index in [1.54, 1.807) is 23.5 Å². The van der Waals surface area contributed by atoms with Gasteiger partial charge in [-0.05, 0) is 36.4 Å². The van der Waals surface area contributed by atoms with Gasteiger partial charge in [-0.15, -0.1) is 11.3 Å². The third kappa shape index (κ3) is 4.93. The van der Waals surface area contributed by atoms with E-state index in [0.29, 0.717) is 5.56 Å². The number of amides is 2. The van der Waals surface area contributed by atoms with Gasteiger partial charge in [0.15, 0.2) is 0 Å². The zero-order chi connectivity index (χ0) is 16.8. The third-order valence-corrected chi connectivity index (χ3v) is 4.51. The summed E-state index contributed by atoms with van der Waals surface area (Å²) in [6, 6.07) is 11.2. The molecule has 5 heteroatoms. The van der Waals surface area contributed by atoms with Crippen molar-refractivity contribution in [2.75, 3.05) is 6.54 Å². The van der Waals surface area contributed by atoms with Crippen molar-refractivity contribution in [3.8, 4) is 0 Å². The fourth-order valence-corrected chi connectivity index (χ4v) is 3.18. The predicted molar refractivity (Wildman–Crippen MR) is 93.6 cm³/mol. The highest BCUT2D eigenvalue weighted by atomic mass is 32.1. The van der Waals surface area contributed by atoms with E-state index >= 15 is 0 Å². The first-order valence-corrected chi connectivity index (χ1v) is 8.53. The molecule has 0 fully saturated rings. The molecule has 2 amide bonds. The highest BCUT2D eigenvalue weighted by Gasteiger charge is 2.19. The van der Waals surface area contributed by atoms with E-state index in [2.05, 4.69) is 24.5 Å². The SMILES string of the molecule is Cc1ccc(C(=O)NCC(=O)N[C@@H](c2cccs2)C(C)C)cc1. The Hall–Kier alpha value is -2.14. The van der Waals surface area contributed by atoms with Crippen LogP contribution < -0.4 is 10.6 Å².